The van der Waals surface area contributed by atoms with Crippen molar-refractivity contribution in [2.75, 3.05) is 7.11 Å². The van der Waals surface area contributed by atoms with Gasteiger partial charge in [-0.05, 0) is 48.2 Å². The van der Waals surface area contributed by atoms with Crippen LogP contribution in [0.5, 0.6) is 5.75 Å². The highest BCUT2D eigenvalue weighted by atomic mass is 79.9. The maximum atomic E-state index is 5.17. The zero-order valence-corrected chi connectivity index (χ0v) is 14.2. The maximum absolute atomic E-state index is 5.17. The summed E-state index contributed by atoms with van der Waals surface area (Å²) in [5.41, 5.74) is 3.86. The molecule has 0 N–H and O–H groups in total. The van der Waals surface area contributed by atoms with Crippen LogP contribution in [0.4, 0.5) is 0 Å². The van der Waals surface area contributed by atoms with Crippen LogP contribution in [0.2, 0.25) is 0 Å². The van der Waals surface area contributed by atoms with Gasteiger partial charge in [0.2, 0.25) is 0 Å². The number of benzene rings is 2. The fourth-order valence-electron chi connectivity index (χ4n) is 1.95. The molecule has 0 radical (unpaired) electrons. The van der Waals surface area contributed by atoms with Crippen molar-refractivity contribution < 1.29 is 4.74 Å². The van der Waals surface area contributed by atoms with E-state index in [0.29, 0.717) is 4.83 Å². The number of alkyl halides is 1. The Morgan fingerprint density at radius 2 is 1.79 bits per heavy atom. The van der Waals surface area contributed by atoms with Crippen molar-refractivity contribution >= 4 is 31.9 Å². The Morgan fingerprint density at radius 1 is 1.11 bits per heavy atom. The van der Waals surface area contributed by atoms with E-state index in [1.807, 2.05) is 12.1 Å². The Bertz CT molecular complexity index is 549. The molecule has 2 aromatic rings. The largest absolute Gasteiger partial charge is 0.497 e. The molecule has 0 aliphatic rings. The van der Waals surface area contributed by atoms with Crippen molar-refractivity contribution in [1.29, 1.82) is 0 Å². The molecule has 2 rings (SSSR count). The number of aryl methyl sites for hydroxylation is 1. The van der Waals surface area contributed by atoms with Gasteiger partial charge in [-0.15, -0.1) is 0 Å². The number of hydrogen-bond donors (Lipinski definition) is 0. The summed E-state index contributed by atoms with van der Waals surface area (Å²) in [5.74, 6) is 0.898. The third-order valence-electron chi connectivity index (χ3n) is 3.12. The van der Waals surface area contributed by atoms with Crippen LogP contribution < -0.4 is 4.74 Å². The molecule has 0 amide bonds. The molecule has 0 aliphatic heterocycles. The SMILES string of the molecule is COc1ccc(CC(Br)c2ccc(Br)c(C)c2)cc1. The van der Waals surface area contributed by atoms with Gasteiger partial charge < -0.3 is 4.74 Å². The Hall–Kier alpha value is -0.800. The topological polar surface area (TPSA) is 9.23 Å². The number of rotatable bonds is 4. The second-order valence-electron chi connectivity index (χ2n) is 4.53. The Labute approximate surface area is 131 Å². The Kier molecular flexibility index (Phi) is 5.06. The Balaban J connectivity index is 2.10. The highest BCUT2D eigenvalue weighted by Gasteiger charge is 2.09. The van der Waals surface area contributed by atoms with Gasteiger partial charge in [-0.3, -0.25) is 0 Å². The molecule has 0 saturated heterocycles. The van der Waals surface area contributed by atoms with Crippen molar-refractivity contribution in [3.05, 3.63) is 63.6 Å². The van der Waals surface area contributed by atoms with Gasteiger partial charge in [0.15, 0.2) is 0 Å². The van der Waals surface area contributed by atoms with Gasteiger partial charge in [0.25, 0.3) is 0 Å². The molecule has 19 heavy (non-hydrogen) atoms. The minimum absolute atomic E-state index is 0.327. The highest BCUT2D eigenvalue weighted by molar-refractivity contribution is 9.10. The molecule has 1 atom stereocenters. The van der Waals surface area contributed by atoms with Crippen LogP contribution in [0.1, 0.15) is 21.5 Å². The van der Waals surface area contributed by atoms with Crippen LogP contribution in [0.25, 0.3) is 0 Å². The zero-order chi connectivity index (χ0) is 13.8. The summed E-state index contributed by atoms with van der Waals surface area (Å²) in [7, 11) is 1.69. The lowest BCUT2D eigenvalue weighted by Crippen LogP contribution is -1.96. The molecule has 0 aliphatic carbocycles. The summed E-state index contributed by atoms with van der Waals surface area (Å²) >= 11 is 7.30. The molecule has 3 heteroatoms. The van der Waals surface area contributed by atoms with E-state index in [-0.39, 0.29) is 0 Å². The van der Waals surface area contributed by atoms with Crippen LogP contribution >= 0.6 is 31.9 Å². The molecule has 0 aromatic heterocycles. The van der Waals surface area contributed by atoms with Crippen LogP contribution in [0.15, 0.2) is 46.9 Å². The maximum Gasteiger partial charge on any atom is 0.118 e. The standard InChI is InChI=1S/C16H16Br2O/c1-11-9-13(5-8-15(11)17)16(18)10-12-3-6-14(19-2)7-4-12/h3-9,16H,10H2,1-2H3. The second-order valence-corrected chi connectivity index (χ2v) is 6.49. The molecule has 0 spiro atoms. The van der Waals surface area contributed by atoms with Gasteiger partial charge in [-0.1, -0.05) is 56.1 Å². The first-order chi connectivity index (χ1) is 9.10. The van der Waals surface area contributed by atoms with Gasteiger partial charge in [0, 0.05) is 9.30 Å². The number of methoxy groups -OCH3 is 1. The first-order valence-electron chi connectivity index (χ1n) is 6.13. The second kappa shape index (κ2) is 6.58. The van der Waals surface area contributed by atoms with Crippen LogP contribution in [0, 0.1) is 6.92 Å². The molecule has 2 aromatic carbocycles. The molecular weight excluding hydrogens is 368 g/mol. The molecule has 0 saturated carbocycles. The predicted molar refractivity (Wildman–Crippen MR) is 87.2 cm³/mol. The van der Waals surface area contributed by atoms with Gasteiger partial charge in [0.1, 0.15) is 5.75 Å². The van der Waals surface area contributed by atoms with Crippen molar-refractivity contribution in [2.45, 2.75) is 18.2 Å². The van der Waals surface area contributed by atoms with E-state index in [4.69, 9.17) is 4.74 Å². The van der Waals surface area contributed by atoms with E-state index in [9.17, 15) is 0 Å². The first-order valence-corrected chi connectivity index (χ1v) is 7.84. The van der Waals surface area contributed by atoms with Crippen molar-refractivity contribution in [2.24, 2.45) is 0 Å². The van der Waals surface area contributed by atoms with Gasteiger partial charge in [-0.2, -0.15) is 0 Å². The average Bonchev–Trinajstić information content (AvgIpc) is 2.42. The van der Waals surface area contributed by atoms with Gasteiger partial charge in [0.05, 0.1) is 7.11 Å². The van der Waals surface area contributed by atoms with Crippen LogP contribution in [0.3, 0.4) is 0 Å². The van der Waals surface area contributed by atoms with E-state index in [0.717, 1.165) is 16.6 Å². The molecule has 1 nitrogen and oxygen atoms in total. The van der Waals surface area contributed by atoms with Crippen LogP contribution in [-0.2, 0) is 6.42 Å². The minimum Gasteiger partial charge on any atom is -0.497 e. The van der Waals surface area contributed by atoms with E-state index >= 15 is 0 Å². The van der Waals surface area contributed by atoms with E-state index in [1.165, 1.54) is 16.7 Å². The van der Waals surface area contributed by atoms with Crippen LogP contribution in [-0.4, -0.2) is 7.11 Å². The van der Waals surface area contributed by atoms with Crippen molar-refractivity contribution in [3.63, 3.8) is 0 Å². The lowest BCUT2D eigenvalue weighted by atomic mass is 10.0. The molecular formula is C16H16Br2O. The molecule has 100 valence electrons. The summed E-state index contributed by atoms with van der Waals surface area (Å²) in [6.45, 7) is 2.11. The monoisotopic (exact) mass is 382 g/mol. The number of ether oxygens (including phenoxy) is 1. The van der Waals surface area contributed by atoms with E-state index in [2.05, 4.69) is 69.1 Å². The fourth-order valence-corrected chi connectivity index (χ4v) is 2.85. The summed E-state index contributed by atoms with van der Waals surface area (Å²) in [4.78, 5) is 0.327. The van der Waals surface area contributed by atoms with E-state index in [1.54, 1.807) is 7.11 Å². The quantitative estimate of drug-likeness (QED) is 0.638. The highest BCUT2D eigenvalue weighted by Crippen LogP contribution is 2.30. The molecule has 0 heterocycles. The first kappa shape index (κ1) is 14.6. The Morgan fingerprint density at radius 3 is 2.37 bits per heavy atom. The molecule has 1 unspecified atom stereocenters. The third-order valence-corrected chi connectivity index (χ3v) is 4.86. The van der Waals surface area contributed by atoms with E-state index < -0.39 is 0 Å². The summed E-state index contributed by atoms with van der Waals surface area (Å²) in [6, 6.07) is 14.7. The smallest absolute Gasteiger partial charge is 0.118 e. The van der Waals surface area contributed by atoms with Crippen molar-refractivity contribution in [3.8, 4) is 5.75 Å². The lowest BCUT2D eigenvalue weighted by Gasteiger charge is -2.12. The zero-order valence-electron chi connectivity index (χ0n) is 11.0. The van der Waals surface area contributed by atoms with Crippen molar-refractivity contribution in [1.82, 2.24) is 0 Å². The lowest BCUT2D eigenvalue weighted by molar-refractivity contribution is 0.414. The summed E-state index contributed by atoms with van der Waals surface area (Å²) < 4.78 is 6.32. The molecule has 0 bridgehead atoms. The summed E-state index contributed by atoms with van der Waals surface area (Å²) in [5, 5.41) is 0. The number of hydrogen-bond acceptors (Lipinski definition) is 1. The average molecular weight is 384 g/mol. The predicted octanol–water partition coefficient (Wildman–Crippen LogP) is 5.44. The van der Waals surface area contributed by atoms with Gasteiger partial charge in [-0.25, -0.2) is 0 Å². The van der Waals surface area contributed by atoms with Gasteiger partial charge >= 0.3 is 0 Å². The fraction of sp³-hybridized carbons (Fsp3) is 0.250. The summed E-state index contributed by atoms with van der Waals surface area (Å²) in [6.07, 6.45) is 0.963. The normalized spacial score (nSPS) is 12.2. The third kappa shape index (κ3) is 3.83. The minimum atomic E-state index is 0.327. The number of halogens is 2. The molecule has 0 fully saturated rings.